The van der Waals surface area contributed by atoms with Gasteiger partial charge in [0.25, 0.3) is 6.17 Å². The molecule has 0 bridgehead atoms. The van der Waals surface area contributed by atoms with Gasteiger partial charge in [0.05, 0.1) is 6.54 Å². The first-order chi connectivity index (χ1) is 12.6. The van der Waals surface area contributed by atoms with Gasteiger partial charge in [0, 0.05) is 54.2 Å². The molecule has 8 nitrogen and oxygen atoms in total. The van der Waals surface area contributed by atoms with Crippen molar-refractivity contribution in [2.24, 2.45) is 5.92 Å². The number of nitrogens with zero attached hydrogens (tertiary/aromatic N) is 3. The van der Waals surface area contributed by atoms with Crippen molar-refractivity contribution in [2.75, 3.05) is 39.3 Å². The molecule has 6 atom stereocenters. The molecule has 0 saturated carbocycles. The summed E-state index contributed by atoms with van der Waals surface area (Å²) in [7, 11) is 0. The predicted octanol–water partition coefficient (Wildman–Crippen LogP) is -0.745. The summed E-state index contributed by atoms with van der Waals surface area (Å²) in [4.78, 5) is 14.7. The van der Waals surface area contributed by atoms with Gasteiger partial charge in [-0.1, -0.05) is 6.92 Å². The molecule has 4 heterocycles. The van der Waals surface area contributed by atoms with Crippen LogP contribution in [-0.4, -0.2) is 84.3 Å². The molecule has 0 aliphatic carbocycles. The molecule has 0 radical (unpaired) electrons. The quantitative estimate of drug-likeness (QED) is 0.270. The van der Waals surface area contributed by atoms with Crippen molar-refractivity contribution in [3.05, 3.63) is 18.0 Å². The first-order valence-corrected chi connectivity index (χ1v) is 10.2. The molecule has 0 amide bonds. The number of nitroso groups, excluding NO2 is 1. The van der Waals surface area contributed by atoms with E-state index in [1.165, 1.54) is 4.76 Å². The summed E-state index contributed by atoms with van der Waals surface area (Å²) in [6, 6.07) is 1.19. The summed E-state index contributed by atoms with van der Waals surface area (Å²) in [6.07, 6.45) is 2.05. The average Bonchev–Trinajstić information content (AvgIpc) is 2.95. The fourth-order valence-corrected chi connectivity index (χ4v) is 4.77. The zero-order valence-electron chi connectivity index (χ0n) is 16.4. The first kappa shape index (κ1) is 21.7. The minimum atomic E-state index is -0.0110. The number of hydrogen-bond acceptors (Lipinski definition) is 7. The fourth-order valence-electron chi connectivity index (χ4n) is 4.77. The molecule has 0 aromatic rings. The van der Waals surface area contributed by atoms with Crippen molar-refractivity contribution in [1.29, 1.82) is 0 Å². The number of piperazine rings is 2. The average molecular weight is 555 g/mol. The summed E-state index contributed by atoms with van der Waals surface area (Å²) in [6.45, 7) is 14.9. The van der Waals surface area contributed by atoms with E-state index in [1.807, 2.05) is 6.92 Å². The summed E-state index contributed by atoms with van der Waals surface area (Å²) < 4.78 is 1.27. The summed E-state index contributed by atoms with van der Waals surface area (Å²) in [5, 5.41) is 12.9. The number of hydrazine groups is 1. The van der Waals surface area contributed by atoms with E-state index in [0.29, 0.717) is 24.0 Å². The predicted molar refractivity (Wildman–Crippen MR) is 101 cm³/mol. The van der Waals surface area contributed by atoms with Crippen molar-refractivity contribution >= 4 is 0 Å². The Labute approximate surface area is 176 Å². The van der Waals surface area contributed by atoms with E-state index in [0.717, 1.165) is 52.1 Å². The zero-order valence-corrected chi connectivity index (χ0v) is 18.9. The summed E-state index contributed by atoms with van der Waals surface area (Å²) in [5.74, 6) is 0.379. The van der Waals surface area contributed by atoms with E-state index in [2.05, 4.69) is 51.3 Å². The topological polar surface area (TPSA) is 74.7 Å². The maximum atomic E-state index is 12.3. The minimum Gasteiger partial charge on any atom is -0.464 e. The largest absolute Gasteiger partial charge is 2.00 e. The van der Waals surface area contributed by atoms with E-state index in [4.69, 9.17) is 0 Å². The van der Waals surface area contributed by atoms with E-state index >= 15 is 0 Å². The molecule has 6 unspecified atom stereocenters. The smallest absolute Gasteiger partial charge is 0.464 e. The second kappa shape index (κ2) is 9.66. The van der Waals surface area contributed by atoms with Gasteiger partial charge < -0.3 is 20.9 Å². The van der Waals surface area contributed by atoms with Crippen LogP contribution in [0.3, 0.4) is 0 Å². The van der Waals surface area contributed by atoms with Crippen LogP contribution in [0.2, 0.25) is 0 Å². The third-order valence-electron chi connectivity index (χ3n) is 6.31. The van der Waals surface area contributed by atoms with E-state index < -0.39 is 0 Å². The Morgan fingerprint density at radius 2 is 2.00 bits per heavy atom. The van der Waals surface area contributed by atoms with Crippen LogP contribution in [0, 0.1) is 23.9 Å². The second-order valence-corrected chi connectivity index (χ2v) is 8.38. The second-order valence-electron chi connectivity index (χ2n) is 8.38. The first-order valence-electron chi connectivity index (χ1n) is 10.2. The Morgan fingerprint density at radius 1 is 1.22 bits per heavy atom. The van der Waals surface area contributed by atoms with Crippen LogP contribution < -0.4 is 21.4 Å². The van der Waals surface area contributed by atoms with Gasteiger partial charge in [0.2, 0.25) is 6.04 Å². The van der Waals surface area contributed by atoms with E-state index in [9.17, 15) is 4.91 Å². The molecular weight excluding hydrogens is 520 g/mol. The van der Waals surface area contributed by atoms with Crippen LogP contribution >= 0.6 is 0 Å². The number of fused-ring (bicyclic) bond motifs is 1. The van der Waals surface area contributed by atoms with Crippen LogP contribution in [-0.2, 0) is 19.8 Å². The molecule has 4 N–H and O–H groups in total. The van der Waals surface area contributed by atoms with Crippen molar-refractivity contribution in [1.82, 2.24) is 31.3 Å². The van der Waals surface area contributed by atoms with Gasteiger partial charge in [-0.2, -0.15) is 11.4 Å². The molecule has 0 spiro atoms. The molecule has 9 heteroatoms. The monoisotopic (exact) mass is 556 g/mol. The fraction of sp³-hybridized carbons (Fsp3) is 0.889. The Kier molecular flexibility index (Phi) is 7.77. The van der Waals surface area contributed by atoms with Gasteiger partial charge in [-0.15, -0.1) is 6.04 Å². The molecule has 154 valence electrons. The van der Waals surface area contributed by atoms with E-state index in [1.54, 1.807) is 0 Å². The molecule has 4 aliphatic rings. The third kappa shape index (κ3) is 4.95. The zero-order chi connectivity index (χ0) is 18.1. The van der Waals surface area contributed by atoms with Crippen molar-refractivity contribution in [3.8, 4) is 0 Å². The SMILES string of the molecule is CC1CC(C2CNC(C[CH-]N3CCNCC3)[CH-]N2)NN2CC(C)[N+](=O)C12.[Os+2]. The van der Waals surface area contributed by atoms with Gasteiger partial charge >= 0.3 is 19.8 Å². The molecular formula is C18H34N7OOs+. The number of nitrogens with one attached hydrogen (secondary N) is 4. The van der Waals surface area contributed by atoms with Crippen LogP contribution in [0.15, 0.2) is 0 Å². The van der Waals surface area contributed by atoms with Gasteiger partial charge in [-0.25, -0.2) is 5.43 Å². The Bertz CT molecular complexity index is 496. The summed E-state index contributed by atoms with van der Waals surface area (Å²) >= 11 is 0. The van der Waals surface area contributed by atoms with Gasteiger partial charge in [-0.05, 0) is 19.5 Å². The molecule has 4 rings (SSSR count). The maximum absolute atomic E-state index is 12.3. The normalized spacial score (nSPS) is 41.2. The Balaban J connectivity index is 0.00000210. The maximum Gasteiger partial charge on any atom is 2.00 e. The molecule has 4 saturated heterocycles. The van der Waals surface area contributed by atoms with Gasteiger partial charge in [0.15, 0.2) is 0 Å². The van der Waals surface area contributed by atoms with Crippen molar-refractivity contribution in [2.45, 2.75) is 57.0 Å². The van der Waals surface area contributed by atoms with Crippen LogP contribution in [0.4, 0.5) is 0 Å². The molecule has 0 aromatic carbocycles. The molecule has 4 aliphatic heterocycles. The van der Waals surface area contributed by atoms with E-state index in [-0.39, 0.29) is 32.0 Å². The van der Waals surface area contributed by atoms with Gasteiger partial charge in [-0.3, -0.25) is 13.1 Å². The molecule has 0 aromatic heterocycles. The van der Waals surface area contributed by atoms with Crippen LogP contribution in [0.25, 0.3) is 0 Å². The van der Waals surface area contributed by atoms with Gasteiger partial charge in [0.1, 0.15) is 0 Å². The standard InChI is InChI=1S/C18H34N7O.Os/c1-13-9-16(22-24-12-14(2)25(26)18(13)24)17-11-20-15(10-21-17)3-6-23-7-4-19-5-8-23;/h6,10,13-22H,3-5,7-9,11-12H2,1-2H3;/q-1;+2. The number of hydrogen-bond donors (Lipinski definition) is 4. The minimum absolute atomic E-state index is 0. The van der Waals surface area contributed by atoms with Crippen molar-refractivity contribution < 1.29 is 24.6 Å². The van der Waals surface area contributed by atoms with Crippen molar-refractivity contribution in [3.63, 3.8) is 0 Å². The molecule has 27 heavy (non-hydrogen) atoms. The van der Waals surface area contributed by atoms with Crippen LogP contribution in [0.1, 0.15) is 26.7 Å². The van der Waals surface area contributed by atoms with Crippen LogP contribution in [0.5, 0.6) is 0 Å². The third-order valence-corrected chi connectivity index (χ3v) is 6.31. The Morgan fingerprint density at radius 3 is 2.70 bits per heavy atom. The Hall–Kier alpha value is -0.00364. The molecule has 4 fully saturated rings. The number of rotatable bonds is 4. The summed E-state index contributed by atoms with van der Waals surface area (Å²) in [5.41, 5.74) is 3.62.